The average Bonchev–Trinajstić information content (AvgIpc) is 2.59. The fourth-order valence-electron chi connectivity index (χ4n) is 2.66. The summed E-state index contributed by atoms with van der Waals surface area (Å²) in [6.45, 7) is 0.677. The predicted molar refractivity (Wildman–Crippen MR) is 103 cm³/mol. The highest BCUT2D eigenvalue weighted by Gasteiger charge is 2.33. The number of alkyl halides is 3. The van der Waals surface area contributed by atoms with Crippen molar-refractivity contribution in [2.45, 2.75) is 32.0 Å². The van der Waals surface area contributed by atoms with Crippen molar-refractivity contribution in [2.75, 3.05) is 13.1 Å². The van der Waals surface area contributed by atoms with Crippen LogP contribution in [0.3, 0.4) is 0 Å². The summed E-state index contributed by atoms with van der Waals surface area (Å²) in [5, 5.41) is 0. The average molecular weight is 401 g/mol. The lowest BCUT2D eigenvalue weighted by Crippen LogP contribution is -2.41. The third-order valence-corrected chi connectivity index (χ3v) is 4.14. The number of rotatable bonds is 7. The van der Waals surface area contributed by atoms with E-state index in [0.717, 1.165) is 21.6 Å². The normalized spacial score (nSPS) is 12.2. The van der Waals surface area contributed by atoms with Crippen molar-refractivity contribution in [3.63, 3.8) is 0 Å². The quantitative estimate of drug-likeness (QED) is 0.746. The molecule has 0 bridgehead atoms. The van der Waals surface area contributed by atoms with E-state index in [1.807, 2.05) is 37.3 Å². The molecular formula is C20H24ClF3N2O. The van der Waals surface area contributed by atoms with Crippen LogP contribution >= 0.6 is 12.4 Å². The lowest BCUT2D eigenvalue weighted by atomic mass is 10.0. The van der Waals surface area contributed by atoms with Gasteiger partial charge in [-0.1, -0.05) is 60.2 Å². The van der Waals surface area contributed by atoms with E-state index < -0.39 is 24.7 Å². The van der Waals surface area contributed by atoms with Crippen LogP contribution < -0.4 is 5.73 Å². The molecule has 0 radical (unpaired) electrons. The molecule has 7 heteroatoms. The molecule has 0 spiro atoms. The molecule has 0 saturated carbocycles. The van der Waals surface area contributed by atoms with Crippen LogP contribution in [0.4, 0.5) is 13.2 Å². The van der Waals surface area contributed by atoms with E-state index in [4.69, 9.17) is 5.73 Å². The number of nitrogens with zero attached hydrogens (tertiary/aromatic N) is 1. The fraction of sp³-hybridized carbons (Fsp3) is 0.350. The summed E-state index contributed by atoms with van der Waals surface area (Å²) in [4.78, 5) is 13.3. The molecule has 1 atom stereocenters. The molecule has 0 aliphatic carbocycles. The lowest BCUT2D eigenvalue weighted by Gasteiger charge is -2.25. The molecule has 0 aliphatic heterocycles. The van der Waals surface area contributed by atoms with Gasteiger partial charge in [0, 0.05) is 19.0 Å². The second kappa shape index (κ2) is 10.3. The van der Waals surface area contributed by atoms with Gasteiger partial charge in [-0.25, -0.2) is 0 Å². The summed E-state index contributed by atoms with van der Waals surface area (Å²) >= 11 is 0. The number of benzene rings is 2. The number of halogens is 4. The Morgan fingerprint density at radius 2 is 1.67 bits per heavy atom. The number of carbonyl (C=O) groups is 1. The van der Waals surface area contributed by atoms with E-state index in [9.17, 15) is 18.0 Å². The molecule has 27 heavy (non-hydrogen) atoms. The van der Waals surface area contributed by atoms with Gasteiger partial charge in [0.2, 0.25) is 5.91 Å². The first kappa shape index (κ1) is 23.0. The molecule has 1 amide bonds. The van der Waals surface area contributed by atoms with Gasteiger partial charge in [0.25, 0.3) is 0 Å². The maximum absolute atomic E-state index is 12.9. The first-order chi connectivity index (χ1) is 12.2. The summed E-state index contributed by atoms with van der Waals surface area (Å²) in [5.41, 5.74) is 8.69. The van der Waals surface area contributed by atoms with Crippen molar-refractivity contribution < 1.29 is 18.0 Å². The van der Waals surface area contributed by atoms with Crippen LogP contribution in [0.15, 0.2) is 54.6 Å². The van der Waals surface area contributed by atoms with Crippen molar-refractivity contribution >= 4 is 18.3 Å². The minimum atomic E-state index is -4.44. The summed E-state index contributed by atoms with van der Waals surface area (Å²) < 4.78 is 38.6. The van der Waals surface area contributed by atoms with E-state index in [-0.39, 0.29) is 25.4 Å². The highest BCUT2D eigenvalue weighted by atomic mass is 35.5. The van der Waals surface area contributed by atoms with E-state index in [0.29, 0.717) is 6.42 Å². The molecule has 0 aliphatic rings. The SMILES string of the molecule is Cc1ccc(CCN(CC(F)(F)F)C(=O)CC(N)c2ccccc2)cc1.Cl. The Hall–Kier alpha value is -2.05. The maximum Gasteiger partial charge on any atom is 0.406 e. The van der Waals surface area contributed by atoms with Gasteiger partial charge in [-0.2, -0.15) is 13.2 Å². The van der Waals surface area contributed by atoms with Crippen LogP contribution in [0.2, 0.25) is 0 Å². The zero-order valence-electron chi connectivity index (χ0n) is 15.1. The van der Waals surface area contributed by atoms with Gasteiger partial charge in [0.05, 0.1) is 0 Å². The van der Waals surface area contributed by atoms with Gasteiger partial charge in [-0.05, 0) is 24.5 Å². The van der Waals surface area contributed by atoms with E-state index in [1.54, 1.807) is 24.3 Å². The van der Waals surface area contributed by atoms with E-state index >= 15 is 0 Å². The second-order valence-corrected chi connectivity index (χ2v) is 6.39. The number of carbonyl (C=O) groups excluding carboxylic acids is 1. The molecule has 2 aromatic rings. The van der Waals surface area contributed by atoms with Gasteiger partial charge in [0.15, 0.2) is 0 Å². The Labute approximate surface area is 163 Å². The molecule has 3 nitrogen and oxygen atoms in total. The van der Waals surface area contributed by atoms with Gasteiger partial charge in [0.1, 0.15) is 6.54 Å². The Kier molecular flexibility index (Phi) is 8.79. The van der Waals surface area contributed by atoms with Gasteiger partial charge in [-0.15, -0.1) is 12.4 Å². The van der Waals surface area contributed by atoms with Crippen LogP contribution in [0.1, 0.15) is 29.2 Å². The zero-order chi connectivity index (χ0) is 19.2. The van der Waals surface area contributed by atoms with Crippen molar-refractivity contribution in [2.24, 2.45) is 5.73 Å². The van der Waals surface area contributed by atoms with E-state index in [1.165, 1.54) is 0 Å². The number of hydrogen-bond donors (Lipinski definition) is 1. The largest absolute Gasteiger partial charge is 0.406 e. The monoisotopic (exact) mass is 400 g/mol. The van der Waals surface area contributed by atoms with Gasteiger partial charge >= 0.3 is 6.18 Å². The predicted octanol–water partition coefficient (Wildman–Crippen LogP) is 4.44. The minimum Gasteiger partial charge on any atom is -0.333 e. The Morgan fingerprint density at radius 3 is 2.22 bits per heavy atom. The summed E-state index contributed by atoms with van der Waals surface area (Å²) in [7, 11) is 0. The third kappa shape index (κ3) is 8.01. The topological polar surface area (TPSA) is 46.3 Å². The smallest absolute Gasteiger partial charge is 0.333 e. The second-order valence-electron chi connectivity index (χ2n) is 6.39. The highest BCUT2D eigenvalue weighted by molar-refractivity contribution is 5.85. The summed E-state index contributed by atoms with van der Waals surface area (Å²) in [6.07, 6.45) is -4.24. The molecule has 2 rings (SSSR count). The molecule has 0 saturated heterocycles. The van der Waals surface area contributed by atoms with Crippen LogP contribution in [0.5, 0.6) is 0 Å². The van der Waals surface area contributed by atoms with Crippen LogP contribution in [-0.4, -0.2) is 30.1 Å². The van der Waals surface area contributed by atoms with Crippen molar-refractivity contribution in [3.05, 3.63) is 71.3 Å². The Morgan fingerprint density at radius 1 is 1.07 bits per heavy atom. The Balaban J connectivity index is 0.00000364. The van der Waals surface area contributed by atoms with Crippen LogP contribution in [-0.2, 0) is 11.2 Å². The third-order valence-electron chi connectivity index (χ3n) is 4.14. The minimum absolute atomic E-state index is 0. The number of aryl methyl sites for hydroxylation is 1. The molecule has 148 valence electrons. The van der Waals surface area contributed by atoms with Crippen LogP contribution in [0.25, 0.3) is 0 Å². The van der Waals surface area contributed by atoms with Crippen molar-refractivity contribution in [1.82, 2.24) is 4.90 Å². The number of nitrogens with two attached hydrogens (primary N) is 1. The van der Waals surface area contributed by atoms with Gasteiger partial charge < -0.3 is 10.6 Å². The van der Waals surface area contributed by atoms with E-state index in [2.05, 4.69) is 0 Å². The molecular weight excluding hydrogens is 377 g/mol. The molecule has 2 N–H and O–H groups in total. The summed E-state index contributed by atoms with van der Waals surface area (Å²) in [6, 6.07) is 15.8. The van der Waals surface area contributed by atoms with Crippen molar-refractivity contribution in [3.8, 4) is 0 Å². The van der Waals surface area contributed by atoms with Gasteiger partial charge in [-0.3, -0.25) is 4.79 Å². The maximum atomic E-state index is 12.9. The number of amides is 1. The standard InChI is InChI=1S/C20H23F3N2O.ClH/c1-15-7-9-16(10-8-15)11-12-25(14-20(21,22)23)19(26)13-18(24)17-5-3-2-4-6-17;/h2-10,18H,11-14,24H2,1H3;1H. The molecule has 0 aromatic heterocycles. The molecule has 2 aromatic carbocycles. The van der Waals surface area contributed by atoms with Crippen molar-refractivity contribution in [1.29, 1.82) is 0 Å². The Bertz CT molecular complexity index is 705. The molecule has 0 fully saturated rings. The number of hydrogen-bond acceptors (Lipinski definition) is 2. The first-order valence-electron chi connectivity index (χ1n) is 8.45. The molecule has 0 heterocycles. The lowest BCUT2D eigenvalue weighted by molar-refractivity contribution is -0.161. The first-order valence-corrected chi connectivity index (χ1v) is 8.45. The fourth-order valence-corrected chi connectivity index (χ4v) is 2.66. The zero-order valence-corrected chi connectivity index (χ0v) is 15.9. The highest BCUT2D eigenvalue weighted by Crippen LogP contribution is 2.20. The van der Waals surface area contributed by atoms with Crippen LogP contribution in [0, 0.1) is 6.92 Å². The molecule has 1 unspecified atom stereocenters. The summed E-state index contributed by atoms with van der Waals surface area (Å²) in [5.74, 6) is -0.592.